The maximum Gasteiger partial charge on any atom is 0.123 e. The molecule has 0 heterocycles. The second-order valence-corrected chi connectivity index (χ2v) is 2.91. The van der Waals surface area contributed by atoms with Crippen LogP contribution in [0.5, 0.6) is 11.5 Å². The Kier molecular flexibility index (Phi) is 3.35. The van der Waals surface area contributed by atoms with Gasteiger partial charge in [0, 0.05) is 5.56 Å². The molecular weight excluding hydrogens is 178 g/mol. The third-order valence-electron chi connectivity index (χ3n) is 2.20. The van der Waals surface area contributed by atoms with E-state index in [0.29, 0.717) is 6.42 Å². The summed E-state index contributed by atoms with van der Waals surface area (Å²) in [7, 11) is 3.22. The van der Waals surface area contributed by atoms with Crippen molar-refractivity contribution in [2.24, 2.45) is 0 Å². The summed E-state index contributed by atoms with van der Waals surface area (Å²) in [6, 6.07) is 5.78. The second-order valence-electron chi connectivity index (χ2n) is 2.91. The molecule has 0 spiro atoms. The lowest BCUT2D eigenvalue weighted by Gasteiger charge is -2.12. The molecule has 0 N–H and O–H groups in total. The fraction of sp³-hybridized carbons (Fsp3) is 0.364. The molecule has 0 saturated carbocycles. The van der Waals surface area contributed by atoms with Gasteiger partial charge in [-0.3, -0.25) is 0 Å². The van der Waals surface area contributed by atoms with Gasteiger partial charge in [0.25, 0.3) is 0 Å². The molecule has 0 aromatic heterocycles. The molecule has 0 saturated heterocycles. The van der Waals surface area contributed by atoms with Gasteiger partial charge in [-0.2, -0.15) is 5.26 Å². The number of rotatable bonds is 3. The van der Waals surface area contributed by atoms with E-state index < -0.39 is 0 Å². The minimum absolute atomic E-state index is 0.339. The van der Waals surface area contributed by atoms with Crippen LogP contribution in [0.2, 0.25) is 0 Å². The molecule has 3 heteroatoms. The van der Waals surface area contributed by atoms with E-state index in [1.54, 1.807) is 14.2 Å². The molecule has 14 heavy (non-hydrogen) atoms. The van der Waals surface area contributed by atoms with E-state index in [4.69, 9.17) is 14.7 Å². The van der Waals surface area contributed by atoms with Crippen molar-refractivity contribution in [3.8, 4) is 17.6 Å². The first-order valence-corrected chi connectivity index (χ1v) is 4.32. The lowest BCUT2D eigenvalue weighted by molar-refractivity contribution is 0.397. The highest BCUT2D eigenvalue weighted by Gasteiger charge is 2.10. The van der Waals surface area contributed by atoms with Gasteiger partial charge in [0.05, 0.1) is 26.7 Å². The molecule has 0 radical (unpaired) electrons. The van der Waals surface area contributed by atoms with Crippen LogP contribution in [0.25, 0.3) is 0 Å². The molecule has 0 bridgehead atoms. The van der Waals surface area contributed by atoms with Gasteiger partial charge < -0.3 is 9.47 Å². The van der Waals surface area contributed by atoms with Gasteiger partial charge in [-0.05, 0) is 24.6 Å². The van der Waals surface area contributed by atoms with Crippen LogP contribution in [0.1, 0.15) is 11.1 Å². The van der Waals surface area contributed by atoms with E-state index in [2.05, 4.69) is 6.07 Å². The number of hydrogen-bond donors (Lipinski definition) is 0. The second kappa shape index (κ2) is 4.52. The van der Waals surface area contributed by atoms with Gasteiger partial charge >= 0.3 is 0 Å². The summed E-state index contributed by atoms with van der Waals surface area (Å²) in [4.78, 5) is 0. The van der Waals surface area contributed by atoms with Crippen molar-refractivity contribution in [2.45, 2.75) is 13.3 Å². The van der Waals surface area contributed by atoms with Crippen molar-refractivity contribution >= 4 is 0 Å². The third kappa shape index (κ3) is 1.80. The van der Waals surface area contributed by atoms with Crippen LogP contribution < -0.4 is 9.47 Å². The number of benzene rings is 1. The first-order chi connectivity index (χ1) is 6.74. The average Bonchev–Trinajstić information content (AvgIpc) is 2.21. The Morgan fingerprint density at radius 2 is 1.79 bits per heavy atom. The third-order valence-corrected chi connectivity index (χ3v) is 2.20. The van der Waals surface area contributed by atoms with Crippen LogP contribution in [0.15, 0.2) is 12.1 Å². The molecule has 0 amide bonds. The van der Waals surface area contributed by atoms with E-state index in [0.717, 1.165) is 22.6 Å². The minimum Gasteiger partial charge on any atom is -0.496 e. The Morgan fingerprint density at radius 3 is 2.29 bits per heavy atom. The zero-order valence-electron chi connectivity index (χ0n) is 8.63. The lowest BCUT2D eigenvalue weighted by Crippen LogP contribution is -1.97. The maximum absolute atomic E-state index is 8.68. The summed E-state index contributed by atoms with van der Waals surface area (Å²) in [5.41, 5.74) is 1.86. The van der Waals surface area contributed by atoms with Crippen molar-refractivity contribution in [3.63, 3.8) is 0 Å². The summed E-state index contributed by atoms with van der Waals surface area (Å²) >= 11 is 0. The Morgan fingerprint density at radius 1 is 1.21 bits per heavy atom. The maximum atomic E-state index is 8.68. The molecule has 74 valence electrons. The molecule has 0 aliphatic heterocycles. The average molecular weight is 191 g/mol. The number of nitrogens with zero attached hydrogens (tertiary/aromatic N) is 1. The van der Waals surface area contributed by atoms with Crippen LogP contribution in [0, 0.1) is 18.3 Å². The van der Waals surface area contributed by atoms with Crippen molar-refractivity contribution < 1.29 is 9.47 Å². The zero-order valence-corrected chi connectivity index (χ0v) is 8.63. The molecule has 0 atom stereocenters. The normalized spacial score (nSPS) is 9.29. The quantitative estimate of drug-likeness (QED) is 0.734. The molecule has 0 fully saturated rings. The predicted octanol–water partition coefficient (Wildman–Crippen LogP) is 2.08. The smallest absolute Gasteiger partial charge is 0.123 e. The molecule has 1 aromatic rings. The van der Waals surface area contributed by atoms with Crippen LogP contribution in [0.3, 0.4) is 0 Å². The number of methoxy groups -OCH3 is 2. The monoisotopic (exact) mass is 191 g/mol. The highest BCUT2D eigenvalue weighted by molar-refractivity contribution is 5.49. The summed E-state index contributed by atoms with van der Waals surface area (Å²) in [6.07, 6.45) is 0.339. The van der Waals surface area contributed by atoms with E-state index in [1.165, 1.54) is 0 Å². The van der Waals surface area contributed by atoms with Gasteiger partial charge in [0.1, 0.15) is 11.5 Å². The van der Waals surface area contributed by atoms with Crippen LogP contribution in [-0.2, 0) is 6.42 Å². The van der Waals surface area contributed by atoms with E-state index in [9.17, 15) is 0 Å². The highest BCUT2D eigenvalue weighted by Crippen LogP contribution is 2.29. The molecule has 0 unspecified atom stereocenters. The van der Waals surface area contributed by atoms with E-state index >= 15 is 0 Å². The molecule has 0 aliphatic carbocycles. The zero-order chi connectivity index (χ0) is 10.6. The summed E-state index contributed by atoms with van der Waals surface area (Å²) in [6.45, 7) is 1.92. The SMILES string of the molecule is COc1ccc(OC)c(CC#N)c1C. The largest absolute Gasteiger partial charge is 0.496 e. The van der Waals surface area contributed by atoms with Crippen molar-refractivity contribution in [3.05, 3.63) is 23.3 Å². The number of nitriles is 1. The van der Waals surface area contributed by atoms with Gasteiger partial charge in [-0.15, -0.1) is 0 Å². The lowest BCUT2D eigenvalue weighted by atomic mass is 10.0. The fourth-order valence-electron chi connectivity index (χ4n) is 1.42. The van der Waals surface area contributed by atoms with Crippen molar-refractivity contribution in [2.75, 3.05) is 14.2 Å². The molecular formula is C11H13NO2. The predicted molar refractivity (Wildman–Crippen MR) is 53.6 cm³/mol. The standard InChI is InChI=1S/C11H13NO2/c1-8-9(6-7-12)11(14-3)5-4-10(8)13-2/h4-5H,6H2,1-3H3. The highest BCUT2D eigenvalue weighted by atomic mass is 16.5. The minimum atomic E-state index is 0.339. The van der Waals surface area contributed by atoms with Crippen molar-refractivity contribution in [1.82, 2.24) is 0 Å². The van der Waals surface area contributed by atoms with E-state index in [1.807, 2.05) is 19.1 Å². The summed E-state index contributed by atoms with van der Waals surface area (Å²) < 4.78 is 10.3. The summed E-state index contributed by atoms with van der Waals surface area (Å²) in [5, 5.41) is 8.68. The molecule has 1 aromatic carbocycles. The van der Waals surface area contributed by atoms with Gasteiger partial charge in [-0.25, -0.2) is 0 Å². The van der Waals surface area contributed by atoms with Crippen LogP contribution in [0.4, 0.5) is 0 Å². The van der Waals surface area contributed by atoms with Crippen LogP contribution >= 0.6 is 0 Å². The first kappa shape index (κ1) is 10.4. The fourth-order valence-corrected chi connectivity index (χ4v) is 1.42. The first-order valence-electron chi connectivity index (χ1n) is 4.32. The topological polar surface area (TPSA) is 42.2 Å². The van der Waals surface area contributed by atoms with Gasteiger partial charge in [-0.1, -0.05) is 0 Å². The Bertz CT molecular complexity index is 366. The number of hydrogen-bond acceptors (Lipinski definition) is 3. The molecule has 3 nitrogen and oxygen atoms in total. The molecule has 0 aliphatic rings. The Labute approximate surface area is 83.9 Å². The van der Waals surface area contributed by atoms with Gasteiger partial charge in [0.15, 0.2) is 0 Å². The Hall–Kier alpha value is -1.69. The Balaban J connectivity index is 3.25. The molecule has 1 rings (SSSR count). The van der Waals surface area contributed by atoms with Crippen molar-refractivity contribution in [1.29, 1.82) is 5.26 Å². The number of ether oxygens (including phenoxy) is 2. The summed E-state index contributed by atoms with van der Waals surface area (Å²) in [5.74, 6) is 1.53. The van der Waals surface area contributed by atoms with Crippen LogP contribution in [-0.4, -0.2) is 14.2 Å². The van der Waals surface area contributed by atoms with E-state index in [-0.39, 0.29) is 0 Å². The van der Waals surface area contributed by atoms with Gasteiger partial charge in [0.2, 0.25) is 0 Å².